The van der Waals surface area contributed by atoms with Gasteiger partial charge in [-0.1, -0.05) is 114 Å². The summed E-state index contributed by atoms with van der Waals surface area (Å²) in [4.78, 5) is 4.22. The molecule has 0 amide bonds. The molecule has 0 spiro atoms. The first-order valence-corrected chi connectivity index (χ1v) is 15.9. The summed E-state index contributed by atoms with van der Waals surface area (Å²) < 4.78 is 0. The van der Waals surface area contributed by atoms with Crippen molar-refractivity contribution in [2.75, 3.05) is 0 Å². The second kappa shape index (κ2) is 10.4. The van der Waals surface area contributed by atoms with Crippen molar-refractivity contribution in [2.24, 2.45) is 5.92 Å². The van der Waals surface area contributed by atoms with E-state index in [-0.39, 0.29) is 27.1 Å². The summed E-state index contributed by atoms with van der Waals surface area (Å²) in [5.74, 6) is 0.855. The minimum absolute atomic E-state index is 0. The van der Waals surface area contributed by atoms with E-state index in [1.54, 1.807) is 11.1 Å². The molecular formula is C30H43NSiTi. The van der Waals surface area contributed by atoms with E-state index in [4.69, 9.17) is 0 Å². The van der Waals surface area contributed by atoms with E-state index in [9.17, 15) is 0 Å². The molecule has 2 aromatic carbocycles. The average molecular weight is 494 g/mol. The molecule has 2 atom stereocenters. The maximum Gasteiger partial charge on any atom is 0.131 e. The summed E-state index contributed by atoms with van der Waals surface area (Å²) in [5, 5.41) is 0. The Labute approximate surface area is 218 Å². The molecule has 0 radical (unpaired) electrons. The van der Waals surface area contributed by atoms with Gasteiger partial charge in [-0.25, -0.2) is 0 Å². The van der Waals surface area contributed by atoms with Gasteiger partial charge in [0.25, 0.3) is 0 Å². The quantitative estimate of drug-likeness (QED) is 0.412. The molecular weight excluding hydrogens is 450 g/mol. The predicted octanol–water partition coefficient (Wildman–Crippen LogP) is 8.45. The van der Waals surface area contributed by atoms with Gasteiger partial charge in [-0.15, -0.1) is 0 Å². The molecule has 4 rings (SSSR count). The summed E-state index contributed by atoms with van der Waals surface area (Å²) in [6.45, 7) is 16.8. The van der Waals surface area contributed by atoms with Gasteiger partial charge in [0.05, 0.1) is 0 Å². The van der Waals surface area contributed by atoms with E-state index in [1.165, 1.54) is 54.4 Å². The van der Waals surface area contributed by atoms with Crippen LogP contribution in [-0.4, -0.2) is 14.3 Å². The van der Waals surface area contributed by atoms with E-state index in [0.29, 0.717) is 11.6 Å². The van der Waals surface area contributed by atoms with Crippen LogP contribution in [0.5, 0.6) is 0 Å². The molecule has 1 nitrogen and oxygen atoms in total. The summed E-state index contributed by atoms with van der Waals surface area (Å²) >= 11 is 0. The Bertz CT molecular complexity index is 977. The fourth-order valence-electron chi connectivity index (χ4n) is 6.33. The fourth-order valence-corrected chi connectivity index (χ4v) is 10.2. The van der Waals surface area contributed by atoms with Crippen molar-refractivity contribution in [3.8, 4) is 11.1 Å². The molecule has 2 aromatic rings. The van der Waals surface area contributed by atoms with E-state index in [1.807, 2.05) is 0 Å². The number of hydrogen-bond donors (Lipinski definition) is 1. The standard InChI is InChI=1S/C30H43NSi.Ti/c1-21-20-28-26(24-16-18-25(19-17-24)30(3,4)5)14-11-15-27(28)29(21)32(6,7)31-22(2)23-12-9-8-10-13-23;/h11,14-20,22-23,29,31H,8-10,12-13H2,1-7H3;. The summed E-state index contributed by atoms with van der Waals surface area (Å²) in [6, 6.07) is 16.9. The van der Waals surface area contributed by atoms with Gasteiger partial charge in [-0.3, -0.25) is 0 Å². The Morgan fingerprint density at radius 3 is 2.18 bits per heavy atom. The minimum atomic E-state index is -1.71. The van der Waals surface area contributed by atoms with Crippen LogP contribution in [0.25, 0.3) is 17.2 Å². The monoisotopic (exact) mass is 493 g/mol. The van der Waals surface area contributed by atoms with Crippen molar-refractivity contribution in [2.45, 2.75) is 96.8 Å². The Hall–Kier alpha value is -0.929. The molecule has 176 valence electrons. The topological polar surface area (TPSA) is 12.0 Å². The normalized spacial score (nSPS) is 20.1. The first-order valence-electron chi connectivity index (χ1n) is 12.8. The number of nitrogens with one attached hydrogen (secondary N) is 1. The SMILES string of the molecule is CC1=Cc2c(-c3ccc(C(C)(C)C)cc3)cccc2C1[Si](C)(C)NC(C)C1CCCCC1.[Ti]. The second-order valence-corrected chi connectivity index (χ2v) is 16.3. The van der Waals surface area contributed by atoms with Crippen LogP contribution < -0.4 is 4.98 Å². The molecule has 1 N–H and O–H groups in total. The first kappa shape index (κ1) is 26.7. The Balaban J connectivity index is 0.00000306. The maximum atomic E-state index is 4.22. The van der Waals surface area contributed by atoms with Gasteiger partial charge >= 0.3 is 0 Å². The molecule has 1 fully saturated rings. The summed E-state index contributed by atoms with van der Waals surface area (Å²) in [5.41, 5.74) is 9.39. The van der Waals surface area contributed by atoms with Gasteiger partial charge in [0.1, 0.15) is 8.24 Å². The van der Waals surface area contributed by atoms with Gasteiger partial charge < -0.3 is 4.98 Å². The Kier molecular flexibility index (Phi) is 8.38. The van der Waals surface area contributed by atoms with Crippen LogP contribution in [0, 0.1) is 5.92 Å². The van der Waals surface area contributed by atoms with Gasteiger partial charge in [-0.2, -0.15) is 0 Å². The smallest absolute Gasteiger partial charge is 0.131 e. The molecule has 0 heterocycles. The number of rotatable bonds is 5. The Morgan fingerprint density at radius 1 is 0.939 bits per heavy atom. The molecule has 33 heavy (non-hydrogen) atoms. The molecule has 2 aliphatic rings. The van der Waals surface area contributed by atoms with Gasteiger partial charge in [0.2, 0.25) is 0 Å². The van der Waals surface area contributed by atoms with E-state index in [2.05, 4.69) is 101 Å². The molecule has 2 unspecified atom stereocenters. The third-order valence-corrected chi connectivity index (χ3v) is 11.4. The van der Waals surface area contributed by atoms with E-state index in [0.717, 1.165) is 5.92 Å². The van der Waals surface area contributed by atoms with Crippen LogP contribution in [0.3, 0.4) is 0 Å². The molecule has 2 aliphatic carbocycles. The van der Waals surface area contributed by atoms with Crippen LogP contribution in [0.4, 0.5) is 0 Å². The van der Waals surface area contributed by atoms with Crippen molar-refractivity contribution < 1.29 is 21.7 Å². The number of hydrogen-bond acceptors (Lipinski definition) is 1. The molecule has 0 saturated heterocycles. The zero-order valence-electron chi connectivity index (χ0n) is 21.9. The average Bonchev–Trinajstić information content (AvgIpc) is 3.10. The van der Waals surface area contributed by atoms with E-state index < -0.39 is 8.24 Å². The summed E-state index contributed by atoms with van der Waals surface area (Å²) in [7, 11) is -1.71. The second-order valence-electron chi connectivity index (χ2n) is 12.0. The molecule has 0 aromatic heterocycles. The van der Waals surface area contributed by atoms with Crippen LogP contribution in [0.15, 0.2) is 48.0 Å². The predicted molar refractivity (Wildman–Crippen MR) is 144 cm³/mol. The van der Waals surface area contributed by atoms with Gasteiger partial charge in [0, 0.05) is 33.3 Å². The Morgan fingerprint density at radius 2 is 1.58 bits per heavy atom. The van der Waals surface area contributed by atoms with Crippen LogP contribution in [-0.2, 0) is 27.1 Å². The third-order valence-electron chi connectivity index (χ3n) is 8.02. The maximum absolute atomic E-state index is 4.22. The number of allylic oxidation sites excluding steroid dienone is 1. The molecule has 0 bridgehead atoms. The zero-order valence-corrected chi connectivity index (χ0v) is 24.4. The van der Waals surface area contributed by atoms with Crippen LogP contribution in [0.1, 0.15) is 89.0 Å². The van der Waals surface area contributed by atoms with E-state index >= 15 is 0 Å². The molecule has 3 heteroatoms. The van der Waals surface area contributed by atoms with Crippen molar-refractivity contribution >= 4 is 14.3 Å². The summed E-state index contributed by atoms with van der Waals surface area (Å²) in [6.07, 6.45) is 9.56. The zero-order chi connectivity index (χ0) is 23.1. The first-order chi connectivity index (χ1) is 15.1. The number of benzene rings is 2. The molecule has 1 saturated carbocycles. The third kappa shape index (κ3) is 5.67. The van der Waals surface area contributed by atoms with Gasteiger partial charge in [0.15, 0.2) is 0 Å². The molecule has 0 aliphatic heterocycles. The largest absolute Gasteiger partial charge is 0.334 e. The van der Waals surface area contributed by atoms with Crippen molar-refractivity contribution in [3.63, 3.8) is 0 Å². The van der Waals surface area contributed by atoms with Gasteiger partial charge in [-0.05, 0) is 58.9 Å². The van der Waals surface area contributed by atoms with Crippen LogP contribution in [0.2, 0.25) is 13.1 Å². The fraction of sp³-hybridized carbons (Fsp3) is 0.533. The van der Waals surface area contributed by atoms with Crippen molar-refractivity contribution in [3.05, 3.63) is 64.7 Å². The van der Waals surface area contributed by atoms with Crippen LogP contribution >= 0.6 is 0 Å². The van der Waals surface area contributed by atoms with Crippen molar-refractivity contribution in [1.82, 2.24) is 4.98 Å². The number of fused-ring (bicyclic) bond motifs is 1. The van der Waals surface area contributed by atoms with Crippen molar-refractivity contribution in [1.29, 1.82) is 0 Å². The minimum Gasteiger partial charge on any atom is -0.334 e.